The van der Waals surface area contributed by atoms with E-state index in [0.29, 0.717) is 23.8 Å². The Morgan fingerprint density at radius 1 is 1.23 bits per heavy atom. The van der Waals surface area contributed by atoms with E-state index < -0.39 is 0 Å². The van der Waals surface area contributed by atoms with E-state index in [-0.39, 0.29) is 11.7 Å². The van der Waals surface area contributed by atoms with Gasteiger partial charge in [-0.25, -0.2) is 9.07 Å². The highest BCUT2D eigenvalue weighted by Crippen LogP contribution is 2.23. The van der Waals surface area contributed by atoms with Gasteiger partial charge in [0.2, 0.25) is 0 Å². The average Bonchev–Trinajstić information content (AvgIpc) is 3.08. The second kappa shape index (κ2) is 7.91. The number of rotatable bonds is 6. The molecule has 0 fully saturated rings. The SMILES string of the molecule is CC(C)CCNC(=O)c1cc(-c2cccnc2)n(-c2ccc(F)cc2)n1. The van der Waals surface area contributed by atoms with Crippen LogP contribution in [-0.4, -0.2) is 27.2 Å². The molecular formula is C20H21FN4O. The standard InChI is InChI=1S/C20H21FN4O/c1-14(2)9-11-23-20(26)18-12-19(15-4-3-10-22-13-15)25(24-18)17-7-5-16(21)6-8-17/h3-8,10,12-14H,9,11H2,1-2H3,(H,23,26). The third-order valence-corrected chi connectivity index (χ3v) is 3.98. The van der Waals surface area contributed by atoms with Gasteiger partial charge in [-0.3, -0.25) is 9.78 Å². The summed E-state index contributed by atoms with van der Waals surface area (Å²) in [6.45, 7) is 4.81. The van der Waals surface area contributed by atoms with Crippen molar-refractivity contribution in [2.45, 2.75) is 20.3 Å². The fourth-order valence-corrected chi connectivity index (χ4v) is 2.56. The van der Waals surface area contributed by atoms with Crippen molar-refractivity contribution in [1.82, 2.24) is 20.1 Å². The lowest BCUT2D eigenvalue weighted by molar-refractivity contribution is 0.0946. The van der Waals surface area contributed by atoms with Gasteiger partial charge in [0.25, 0.3) is 5.91 Å². The van der Waals surface area contributed by atoms with Crippen molar-refractivity contribution < 1.29 is 9.18 Å². The minimum atomic E-state index is -0.324. The molecule has 2 heterocycles. The Kier molecular flexibility index (Phi) is 5.41. The van der Waals surface area contributed by atoms with Gasteiger partial charge in [0.15, 0.2) is 5.69 Å². The van der Waals surface area contributed by atoms with E-state index in [4.69, 9.17) is 0 Å². The lowest BCUT2D eigenvalue weighted by Gasteiger charge is -2.07. The summed E-state index contributed by atoms with van der Waals surface area (Å²) < 4.78 is 14.9. The normalized spacial score (nSPS) is 10.9. The number of halogens is 1. The number of hydrogen-bond acceptors (Lipinski definition) is 3. The molecule has 3 aromatic rings. The van der Waals surface area contributed by atoms with E-state index in [1.165, 1.54) is 12.1 Å². The van der Waals surface area contributed by atoms with Crippen molar-refractivity contribution >= 4 is 5.91 Å². The first-order valence-corrected chi connectivity index (χ1v) is 8.59. The third kappa shape index (κ3) is 4.14. The number of nitrogens with one attached hydrogen (secondary N) is 1. The number of hydrogen-bond donors (Lipinski definition) is 1. The Morgan fingerprint density at radius 3 is 2.65 bits per heavy atom. The molecule has 1 N–H and O–H groups in total. The maximum atomic E-state index is 13.3. The van der Waals surface area contributed by atoms with Crippen LogP contribution < -0.4 is 5.32 Å². The second-order valence-corrected chi connectivity index (χ2v) is 6.48. The van der Waals surface area contributed by atoms with Crippen LogP contribution in [0.5, 0.6) is 0 Å². The van der Waals surface area contributed by atoms with Gasteiger partial charge in [0, 0.05) is 24.5 Å². The average molecular weight is 352 g/mol. The van der Waals surface area contributed by atoms with Gasteiger partial charge in [0.05, 0.1) is 11.4 Å². The van der Waals surface area contributed by atoms with Gasteiger partial charge in [-0.2, -0.15) is 5.10 Å². The Balaban J connectivity index is 1.95. The van der Waals surface area contributed by atoms with Crippen molar-refractivity contribution in [2.24, 2.45) is 5.92 Å². The molecular weight excluding hydrogens is 331 g/mol. The molecule has 6 heteroatoms. The van der Waals surface area contributed by atoms with Crippen LogP contribution in [0.2, 0.25) is 0 Å². The predicted octanol–water partition coefficient (Wildman–Crippen LogP) is 3.85. The van der Waals surface area contributed by atoms with Crippen LogP contribution in [0.25, 0.3) is 16.9 Å². The van der Waals surface area contributed by atoms with E-state index in [1.807, 2.05) is 12.1 Å². The first kappa shape index (κ1) is 17.8. The van der Waals surface area contributed by atoms with E-state index >= 15 is 0 Å². The quantitative estimate of drug-likeness (QED) is 0.733. The van der Waals surface area contributed by atoms with E-state index in [1.54, 1.807) is 35.3 Å². The van der Waals surface area contributed by atoms with Crippen LogP contribution >= 0.6 is 0 Å². The number of benzene rings is 1. The molecule has 3 rings (SSSR count). The number of amides is 1. The van der Waals surface area contributed by atoms with Crippen LogP contribution in [0.15, 0.2) is 54.9 Å². The lowest BCUT2D eigenvalue weighted by Crippen LogP contribution is -2.25. The molecule has 0 aliphatic carbocycles. The molecule has 0 saturated carbocycles. The van der Waals surface area contributed by atoms with Crippen molar-refractivity contribution in [1.29, 1.82) is 0 Å². The van der Waals surface area contributed by atoms with Crippen molar-refractivity contribution in [3.8, 4) is 16.9 Å². The Morgan fingerprint density at radius 2 is 2.00 bits per heavy atom. The summed E-state index contributed by atoms with van der Waals surface area (Å²) in [4.78, 5) is 16.6. The summed E-state index contributed by atoms with van der Waals surface area (Å²) in [5, 5.41) is 7.33. The maximum absolute atomic E-state index is 13.3. The maximum Gasteiger partial charge on any atom is 0.271 e. The molecule has 1 amide bonds. The van der Waals surface area contributed by atoms with Crippen molar-refractivity contribution in [3.05, 3.63) is 66.4 Å². The van der Waals surface area contributed by atoms with Crippen LogP contribution in [-0.2, 0) is 0 Å². The highest BCUT2D eigenvalue weighted by molar-refractivity contribution is 5.93. The number of nitrogens with zero attached hydrogens (tertiary/aromatic N) is 3. The largest absolute Gasteiger partial charge is 0.351 e. The van der Waals surface area contributed by atoms with Gasteiger partial charge in [-0.05, 0) is 54.8 Å². The molecule has 0 aliphatic heterocycles. The Labute approximate surface area is 151 Å². The summed E-state index contributed by atoms with van der Waals surface area (Å²) in [6.07, 6.45) is 4.29. The third-order valence-electron chi connectivity index (χ3n) is 3.98. The smallest absolute Gasteiger partial charge is 0.271 e. The summed E-state index contributed by atoms with van der Waals surface area (Å²) >= 11 is 0. The van der Waals surface area contributed by atoms with E-state index in [9.17, 15) is 9.18 Å². The molecule has 0 bridgehead atoms. The summed E-state index contributed by atoms with van der Waals surface area (Å²) in [6, 6.07) is 11.4. The molecule has 0 atom stereocenters. The molecule has 134 valence electrons. The molecule has 0 saturated heterocycles. The van der Waals surface area contributed by atoms with Gasteiger partial charge < -0.3 is 5.32 Å². The van der Waals surface area contributed by atoms with Crippen LogP contribution in [0.4, 0.5) is 4.39 Å². The number of pyridine rings is 1. The zero-order chi connectivity index (χ0) is 18.5. The Bertz CT molecular complexity index is 873. The summed E-state index contributed by atoms with van der Waals surface area (Å²) in [5.74, 6) is -0.0369. The lowest BCUT2D eigenvalue weighted by atomic mass is 10.1. The zero-order valence-corrected chi connectivity index (χ0v) is 14.8. The number of carbonyl (C=O) groups is 1. The summed E-state index contributed by atoms with van der Waals surface area (Å²) in [7, 11) is 0. The topological polar surface area (TPSA) is 59.8 Å². The zero-order valence-electron chi connectivity index (χ0n) is 14.8. The monoisotopic (exact) mass is 352 g/mol. The minimum Gasteiger partial charge on any atom is -0.351 e. The number of carbonyl (C=O) groups excluding carboxylic acids is 1. The Hall–Kier alpha value is -3.02. The minimum absolute atomic E-state index is 0.225. The molecule has 0 unspecified atom stereocenters. The molecule has 26 heavy (non-hydrogen) atoms. The molecule has 2 aromatic heterocycles. The fraction of sp³-hybridized carbons (Fsp3) is 0.250. The summed E-state index contributed by atoms with van der Waals surface area (Å²) in [5.41, 5.74) is 2.53. The molecule has 5 nitrogen and oxygen atoms in total. The van der Waals surface area contributed by atoms with Gasteiger partial charge >= 0.3 is 0 Å². The molecule has 0 radical (unpaired) electrons. The molecule has 0 spiro atoms. The predicted molar refractivity (Wildman–Crippen MR) is 98.5 cm³/mol. The van der Waals surface area contributed by atoms with Crippen LogP contribution in [0, 0.1) is 11.7 Å². The first-order valence-electron chi connectivity index (χ1n) is 8.59. The van der Waals surface area contributed by atoms with Crippen molar-refractivity contribution in [3.63, 3.8) is 0 Å². The van der Waals surface area contributed by atoms with Gasteiger partial charge in [-0.15, -0.1) is 0 Å². The van der Waals surface area contributed by atoms with Gasteiger partial charge in [0.1, 0.15) is 5.82 Å². The number of aromatic nitrogens is 3. The fourth-order valence-electron chi connectivity index (χ4n) is 2.56. The van der Waals surface area contributed by atoms with Crippen LogP contribution in [0.3, 0.4) is 0 Å². The molecule has 1 aromatic carbocycles. The molecule has 0 aliphatic rings. The highest BCUT2D eigenvalue weighted by atomic mass is 19.1. The van der Waals surface area contributed by atoms with Crippen molar-refractivity contribution in [2.75, 3.05) is 6.54 Å². The highest BCUT2D eigenvalue weighted by Gasteiger charge is 2.17. The van der Waals surface area contributed by atoms with E-state index in [0.717, 1.165) is 17.7 Å². The van der Waals surface area contributed by atoms with Crippen LogP contribution in [0.1, 0.15) is 30.8 Å². The van der Waals surface area contributed by atoms with E-state index in [2.05, 4.69) is 29.2 Å². The van der Waals surface area contributed by atoms with Gasteiger partial charge in [-0.1, -0.05) is 13.8 Å². The second-order valence-electron chi connectivity index (χ2n) is 6.48. The first-order chi connectivity index (χ1) is 12.5.